The second-order valence-corrected chi connectivity index (χ2v) is 13.2. The summed E-state index contributed by atoms with van der Waals surface area (Å²) in [5.41, 5.74) is 2.03. The van der Waals surface area contributed by atoms with Crippen molar-refractivity contribution in [1.82, 2.24) is 9.97 Å². The Balaban J connectivity index is 1.29. The molecule has 0 spiro atoms. The van der Waals surface area contributed by atoms with Crippen molar-refractivity contribution in [2.45, 2.75) is 51.2 Å². The zero-order chi connectivity index (χ0) is 33.8. The summed E-state index contributed by atoms with van der Waals surface area (Å²) in [5.74, 6) is -1.98. The number of rotatable bonds is 12. The minimum absolute atomic E-state index is 0.0962. The summed E-state index contributed by atoms with van der Waals surface area (Å²) in [6, 6.07) is 11.1. The summed E-state index contributed by atoms with van der Waals surface area (Å²) in [7, 11) is 1.70. The van der Waals surface area contributed by atoms with Crippen LogP contribution in [-0.2, 0) is 27.2 Å². The normalized spacial score (nSPS) is 22.4. The Kier molecular flexibility index (Phi) is 10.7. The molecule has 0 aliphatic carbocycles. The SMILES string of the molecule is C=C(F)C(=O)C1CCN(c2nc(OCCCC3OCC[C@@H]3COC)nc3c2CCN(c2c(F)ccc4cccc(Cl)c24)C3)C[C@@H]1CC#N. The number of fused-ring (bicyclic) bond motifs is 2. The highest BCUT2D eigenvalue weighted by molar-refractivity contribution is 6.36. The first kappa shape index (κ1) is 34.0. The molecule has 2 saturated heterocycles. The zero-order valence-corrected chi connectivity index (χ0v) is 27.9. The van der Waals surface area contributed by atoms with Crippen molar-refractivity contribution in [3.63, 3.8) is 0 Å². The minimum atomic E-state index is -0.983. The quantitative estimate of drug-likeness (QED) is 0.155. The number of methoxy groups -OCH3 is 1. The van der Waals surface area contributed by atoms with Crippen LogP contribution in [0.2, 0.25) is 5.02 Å². The third kappa shape index (κ3) is 7.12. The highest BCUT2D eigenvalue weighted by Crippen LogP contribution is 2.40. The van der Waals surface area contributed by atoms with Gasteiger partial charge in [-0.1, -0.05) is 36.4 Å². The fourth-order valence-corrected chi connectivity index (χ4v) is 7.74. The maximum Gasteiger partial charge on any atom is 0.318 e. The van der Waals surface area contributed by atoms with Gasteiger partial charge in [-0.25, -0.2) is 8.78 Å². The lowest BCUT2D eigenvalue weighted by Gasteiger charge is -2.39. The number of benzene rings is 2. The van der Waals surface area contributed by atoms with Crippen LogP contribution in [0.1, 0.15) is 43.4 Å². The largest absolute Gasteiger partial charge is 0.463 e. The van der Waals surface area contributed by atoms with Crippen molar-refractivity contribution < 1.29 is 27.8 Å². The number of anilines is 2. The van der Waals surface area contributed by atoms with Crippen LogP contribution in [0.15, 0.2) is 42.7 Å². The van der Waals surface area contributed by atoms with Gasteiger partial charge in [0.2, 0.25) is 0 Å². The third-order valence-corrected chi connectivity index (χ3v) is 10.2. The van der Waals surface area contributed by atoms with Crippen LogP contribution in [0.5, 0.6) is 6.01 Å². The molecule has 3 aromatic rings. The molecule has 6 rings (SSSR count). The number of ether oxygens (including phenoxy) is 3. The molecule has 254 valence electrons. The van der Waals surface area contributed by atoms with Crippen LogP contribution in [0.4, 0.5) is 20.3 Å². The maximum absolute atomic E-state index is 15.5. The average Bonchev–Trinajstić information content (AvgIpc) is 3.53. The van der Waals surface area contributed by atoms with Gasteiger partial charge in [0.15, 0.2) is 11.6 Å². The first-order valence-electron chi connectivity index (χ1n) is 16.5. The number of piperidine rings is 1. The van der Waals surface area contributed by atoms with Gasteiger partial charge in [-0.3, -0.25) is 4.79 Å². The molecule has 2 aromatic carbocycles. The van der Waals surface area contributed by atoms with Crippen molar-refractivity contribution >= 4 is 39.7 Å². The number of Topliss-reactive ketones (excluding diaryl/α,β-unsaturated/α-hetero) is 1. The average molecular weight is 680 g/mol. The summed E-state index contributed by atoms with van der Waals surface area (Å²) in [5, 5.41) is 11.5. The molecule has 0 saturated carbocycles. The molecule has 0 radical (unpaired) electrons. The van der Waals surface area contributed by atoms with Gasteiger partial charge < -0.3 is 24.0 Å². The van der Waals surface area contributed by atoms with E-state index in [4.69, 9.17) is 35.8 Å². The van der Waals surface area contributed by atoms with Gasteiger partial charge in [0.05, 0.1) is 48.3 Å². The lowest BCUT2D eigenvalue weighted by atomic mass is 9.80. The van der Waals surface area contributed by atoms with Gasteiger partial charge in [-0.15, -0.1) is 0 Å². The Morgan fingerprint density at radius 3 is 2.83 bits per heavy atom. The standard InChI is InChI=1S/C36H40ClF2N5O4/c1-22(38)34(45)26-11-16-44(19-24(26)10-14-40)35-27-12-15-43(33-29(39)9-8-23-5-3-6-28(37)32(23)33)20-30(27)41-36(42-35)48-17-4-7-31-25(21-46-2)13-18-47-31/h3,5-6,8-9,24-26,31H,1,4,7,10-13,15-21H2,2H3/t24-,25+,26?,31?/m0/s1. The molecule has 12 heteroatoms. The van der Waals surface area contributed by atoms with Crippen molar-refractivity contribution in [3.05, 3.63) is 64.8 Å². The molecule has 1 aromatic heterocycles. The summed E-state index contributed by atoms with van der Waals surface area (Å²) in [6.07, 6.45) is 3.62. The number of ketones is 1. The Morgan fingerprint density at radius 2 is 2.04 bits per heavy atom. The molecule has 4 atom stereocenters. The van der Waals surface area contributed by atoms with Crippen LogP contribution >= 0.6 is 11.6 Å². The number of hydrogen-bond donors (Lipinski definition) is 0. The number of aromatic nitrogens is 2. The number of carbonyl (C=O) groups excluding carboxylic acids is 1. The molecule has 2 unspecified atom stereocenters. The molecular weight excluding hydrogens is 640 g/mol. The number of nitrogens with zero attached hydrogens (tertiary/aromatic N) is 5. The molecule has 4 heterocycles. The van der Waals surface area contributed by atoms with Crippen LogP contribution in [0.3, 0.4) is 0 Å². The van der Waals surface area contributed by atoms with Crippen LogP contribution < -0.4 is 14.5 Å². The van der Waals surface area contributed by atoms with E-state index in [0.29, 0.717) is 85.8 Å². The first-order valence-corrected chi connectivity index (χ1v) is 16.9. The Hall–Kier alpha value is -3.85. The summed E-state index contributed by atoms with van der Waals surface area (Å²) < 4.78 is 46.9. The van der Waals surface area contributed by atoms with E-state index >= 15 is 4.39 Å². The zero-order valence-electron chi connectivity index (χ0n) is 27.1. The van der Waals surface area contributed by atoms with Gasteiger partial charge in [0.1, 0.15) is 11.6 Å². The highest BCUT2D eigenvalue weighted by atomic mass is 35.5. The Labute approximate surface area is 284 Å². The predicted molar refractivity (Wildman–Crippen MR) is 179 cm³/mol. The lowest BCUT2D eigenvalue weighted by molar-refractivity contribution is -0.122. The van der Waals surface area contributed by atoms with E-state index in [1.54, 1.807) is 19.2 Å². The molecule has 0 N–H and O–H groups in total. The van der Waals surface area contributed by atoms with E-state index in [2.05, 4.69) is 12.6 Å². The molecule has 3 aliphatic heterocycles. The van der Waals surface area contributed by atoms with Crippen molar-refractivity contribution in [3.8, 4) is 12.1 Å². The summed E-state index contributed by atoms with van der Waals surface area (Å²) >= 11 is 6.61. The van der Waals surface area contributed by atoms with Gasteiger partial charge in [-0.2, -0.15) is 15.2 Å². The number of hydrogen-bond acceptors (Lipinski definition) is 9. The molecule has 3 aliphatic rings. The van der Waals surface area contributed by atoms with E-state index in [-0.39, 0.29) is 24.4 Å². The predicted octanol–water partition coefficient (Wildman–Crippen LogP) is 6.60. The highest BCUT2D eigenvalue weighted by Gasteiger charge is 2.37. The van der Waals surface area contributed by atoms with Crippen LogP contribution in [0.25, 0.3) is 10.8 Å². The molecule has 0 bridgehead atoms. The van der Waals surface area contributed by atoms with E-state index in [1.165, 1.54) is 6.07 Å². The fraction of sp³-hybridized carbons (Fsp3) is 0.500. The van der Waals surface area contributed by atoms with Crippen LogP contribution in [-0.4, -0.2) is 68.4 Å². The van der Waals surface area contributed by atoms with Gasteiger partial charge >= 0.3 is 6.01 Å². The van der Waals surface area contributed by atoms with E-state index in [9.17, 15) is 14.4 Å². The summed E-state index contributed by atoms with van der Waals surface area (Å²) in [4.78, 5) is 26.3. The maximum atomic E-state index is 15.5. The molecule has 9 nitrogen and oxygen atoms in total. The van der Waals surface area contributed by atoms with E-state index in [1.807, 2.05) is 21.9 Å². The fourth-order valence-electron chi connectivity index (χ4n) is 7.47. The first-order chi connectivity index (χ1) is 23.3. The molecule has 48 heavy (non-hydrogen) atoms. The number of nitriles is 1. The smallest absolute Gasteiger partial charge is 0.318 e. The lowest BCUT2D eigenvalue weighted by Crippen LogP contribution is -2.45. The topological polar surface area (TPSA) is 101 Å². The Bertz CT molecular complexity index is 1720. The second kappa shape index (κ2) is 15.1. The van der Waals surface area contributed by atoms with Crippen molar-refractivity contribution in [2.24, 2.45) is 17.8 Å². The van der Waals surface area contributed by atoms with Crippen LogP contribution in [0, 0.1) is 34.9 Å². The number of carbonyl (C=O) groups is 1. The Morgan fingerprint density at radius 1 is 1.19 bits per heavy atom. The van der Waals surface area contributed by atoms with Gasteiger partial charge in [0, 0.05) is 62.6 Å². The molecule has 2 fully saturated rings. The van der Waals surface area contributed by atoms with Crippen molar-refractivity contribution in [1.29, 1.82) is 5.26 Å². The van der Waals surface area contributed by atoms with E-state index < -0.39 is 23.4 Å². The van der Waals surface area contributed by atoms with Gasteiger partial charge in [0.25, 0.3) is 0 Å². The second-order valence-electron chi connectivity index (χ2n) is 12.8. The number of halogens is 3. The van der Waals surface area contributed by atoms with Gasteiger partial charge in [-0.05, 0) is 55.5 Å². The molecule has 0 amide bonds. The van der Waals surface area contributed by atoms with Crippen molar-refractivity contribution in [2.75, 3.05) is 56.4 Å². The summed E-state index contributed by atoms with van der Waals surface area (Å²) in [6.45, 7) is 6.54. The minimum Gasteiger partial charge on any atom is -0.463 e. The third-order valence-electron chi connectivity index (χ3n) is 9.84. The molecular formula is C36H40ClF2N5O4. The monoisotopic (exact) mass is 679 g/mol. The number of allylic oxidation sites excluding steroid dienone is 1. The van der Waals surface area contributed by atoms with E-state index in [0.717, 1.165) is 36.8 Å².